The maximum absolute atomic E-state index is 9.33. The van der Waals surface area contributed by atoms with Crippen LogP contribution in [-0.4, -0.2) is 21.1 Å². The van der Waals surface area contributed by atoms with E-state index >= 15 is 0 Å². The molecule has 0 saturated heterocycles. The first kappa shape index (κ1) is 8.00. The highest BCUT2D eigenvalue weighted by molar-refractivity contribution is 5.47. The van der Waals surface area contributed by atoms with Crippen molar-refractivity contribution in [1.82, 2.24) is 9.38 Å². The van der Waals surface area contributed by atoms with Gasteiger partial charge in [0.2, 0.25) is 0 Å². The summed E-state index contributed by atoms with van der Waals surface area (Å²) in [4.78, 5) is 4.40. The van der Waals surface area contributed by atoms with Crippen LogP contribution < -0.4 is 0 Å². The van der Waals surface area contributed by atoms with Gasteiger partial charge in [0.15, 0.2) is 0 Å². The van der Waals surface area contributed by atoms with E-state index in [4.69, 9.17) is 0 Å². The summed E-state index contributed by atoms with van der Waals surface area (Å²) in [5.41, 5.74) is 1.05. The van der Waals surface area contributed by atoms with Gasteiger partial charge in [-0.2, -0.15) is 0 Å². The van der Waals surface area contributed by atoms with E-state index in [0.717, 1.165) is 24.2 Å². The van der Waals surface area contributed by atoms with Crippen molar-refractivity contribution >= 4 is 5.52 Å². The average Bonchev–Trinajstić information content (AvgIpc) is 2.91. The van der Waals surface area contributed by atoms with Gasteiger partial charge < -0.3 is 9.51 Å². The molecular weight excluding hydrogens is 176 g/mol. The first-order valence-corrected chi connectivity index (χ1v) is 4.89. The SMILES string of the molecule is OCC1(c2ncc3ccccn23)CC1. The van der Waals surface area contributed by atoms with Gasteiger partial charge in [0, 0.05) is 6.20 Å². The van der Waals surface area contributed by atoms with Crippen LogP contribution in [0.4, 0.5) is 0 Å². The van der Waals surface area contributed by atoms with Gasteiger partial charge in [-0.05, 0) is 25.0 Å². The molecule has 1 aliphatic rings. The second kappa shape index (κ2) is 2.58. The molecule has 0 bridgehead atoms. The maximum atomic E-state index is 9.33. The number of hydrogen-bond acceptors (Lipinski definition) is 2. The summed E-state index contributed by atoms with van der Waals surface area (Å²) < 4.78 is 2.07. The molecule has 2 aromatic rings. The Kier molecular flexibility index (Phi) is 1.47. The Morgan fingerprint density at radius 2 is 2.29 bits per heavy atom. The van der Waals surface area contributed by atoms with Crippen molar-refractivity contribution in [3.8, 4) is 0 Å². The highest BCUT2D eigenvalue weighted by Crippen LogP contribution is 2.46. The topological polar surface area (TPSA) is 37.5 Å². The van der Waals surface area contributed by atoms with Crippen LogP contribution in [-0.2, 0) is 5.41 Å². The third-order valence-corrected chi connectivity index (χ3v) is 3.07. The fourth-order valence-corrected chi connectivity index (χ4v) is 1.94. The molecule has 72 valence electrons. The molecule has 1 N–H and O–H groups in total. The van der Waals surface area contributed by atoms with E-state index in [0.29, 0.717) is 0 Å². The van der Waals surface area contributed by atoms with Gasteiger partial charge in [-0.3, -0.25) is 0 Å². The lowest BCUT2D eigenvalue weighted by Crippen LogP contribution is -2.15. The van der Waals surface area contributed by atoms with Crippen LogP contribution in [0.3, 0.4) is 0 Å². The zero-order valence-corrected chi connectivity index (χ0v) is 7.85. The molecule has 0 amide bonds. The predicted octanol–water partition coefficient (Wildman–Crippen LogP) is 1.36. The number of aliphatic hydroxyl groups is 1. The Balaban J connectivity index is 2.22. The van der Waals surface area contributed by atoms with Crippen LogP contribution in [0.15, 0.2) is 30.6 Å². The summed E-state index contributed by atoms with van der Waals surface area (Å²) in [5, 5.41) is 9.33. The summed E-state index contributed by atoms with van der Waals surface area (Å²) in [6, 6.07) is 6.02. The van der Waals surface area contributed by atoms with Crippen LogP contribution >= 0.6 is 0 Å². The molecule has 3 rings (SSSR count). The second-order valence-corrected chi connectivity index (χ2v) is 4.02. The third-order valence-electron chi connectivity index (χ3n) is 3.07. The van der Waals surface area contributed by atoms with Crippen molar-refractivity contribution in [3.63, 3.8) is 0 Å². The molecule has 0 aromatic carbocycles. The maximum Gasteiger partial charge on any atom is 0.121 e. The summed E-state index contributed by atoms with van der Waals surface area (Å²) in [7, 11) is 0. The highest BCUT2D eigenvalue weighted by Gasteiger charge is 2.47. The molecule has 0 atom stereocenters. The lowest BCUT2D eigenvalue weighted by molar-refractivity contribution is 0.249. The molecule has 0 spiro atoms. The van der Waals surface area contributed by atoms with Gasteiger partial charge in [-0.1, -0.05) is 6.07 Å². The summed E-state index contributed by atoms with van der Waals surface area (Å²) in [5.74, 6) is 1.01. The number of aliphatic hydroxyl groups excluding tert-OH is 1. The average molecular weight is 188 g/mol. The van der Waals surface area contributed by atoms with Gasteiger partial charge in [-0.15, -0.1) is 0 Å². The number of rotatable bonds is 2. The number of aromatic nitrogens is 2. The monoisotopic (exact) mass is 188 g/mol. The zero-order valence-electron chi connectivity index (χ0n) is 7.85. The third kappa shape index (κ3) is 0.930. The van der Waals surface area contributed by atoms with Crippen molar-refractivity contribution in [3.05, 3.63) is 36.4 Å². The van der Waals surface area contributed by atoms with E-state index < -0.39 is 0 Å². The Bertz CT molecular complexity index is 471. The minimum Gasteiger partial charge on any atom is -0.395 e. The number of nitrogens with zero attached hydrogens (tertiary/aromatic N) is 2. The fraction of sp³-hybridized carbons (Fsp3) is 0.364. The Morgan fingerprint density at radius 3 is 3.00 bits per heavy atom. The van der Waals surface area contributed by atoms with Crippen molar-refractivity contribution in [2.75, 3.05) is 6.61 Å². The Morgan fingerprint density at radius 1 is 1.43 bits per heavy atom. The summed E-state index contributed by atoms with van der Waals surface area (Å²) >= 11 is 0. The van der Waals surface area contributed by atoms with Crippen LogP contribution in [0.5, 0.6) is 0 Å². The number of pyridine rings is 1. The molecule has 1 fully saturated rings. The largest absolute Gasteiger partial charge is 0.395 e. The van der Waals surface area contributed by atoms with E-state index in [1.807, 2.05) is 30.6 Å². The summed E-state index contributed by atoms with van der Waals surface area (Å²) in [6.45, 7) is 0.209. The van der Waals surface area contributed by atoms with Crippen LogP contribution in [0.25, 0.3) is 5.52 Å². The summed E-state index contributed by atoms with van der Waals surface area (Å²) in [6.07, 6.45) is 5.98. The van der Waals surface area contributed by atoms with Crippen LogP contribution in [0, 0.1) is 0 Å². The van der Waals surface area contributed by atoms with E-state index in [-0.39, 0.29) is 12.0 Å². The minimum absolute atomic E-state index is 0.0478. The molecule has 14 heavy (non-hydrogen) atoms. The molecule has 2 heterocycles. The molecule has 3 heteroatoms. The quantitative estimate of drug-likeness (QED) is 0.772. The second-order valence-electron chi connectivity index (χ2n) is 4.02. The van der Waals surface area contributed by atoms with Gasteiger partial charge in [0.25, 0.3) is 0 Å². The predicted molar refractivity (Wildman–Crippen MR) is 53.2 cm³/mol. The Labute approximate surface area is 82.0 Å². The lowest BCUT2D eigenvalue weighted by atomic mass is 10.1. The van der Waals surface area contributed by atoms with Crippen molar-refractivity contribution in [1.29, 1.82) is 0 Å². The van der Waals surface area contributed by atoms with Crippen molar-refractivity contribution in [2.24, 2.45) is 0 Å². The van der Waals surface area contributed by atoms with Gasteiger partial charge in [-0.25, -0.2) is 4.98 Å². The van der Waals surface area contributed by atoms with E-state index in [9.17, 15) is 5.11 Å². The first-order chi connectivity index (χ1) is 6.86. The van der Waals surface area contributed by atoms with Crippen LogP contribution in [0.2, 0.25) is 0 Å². The molecular formula is C11H12N2O. The van der Waals surface area contributed by atoms with E-state index in [1.54, 1.807) is 0 Å². The Hall–Kier alpha value is -1.35. The molecule has 1 aliphatic carbocycles. The van der Waals surface area contributed by atoms with Gasteiger partial charge in [0.1, 0.15) is 5.82 Å². The number of fused-ring (bicyclic) bond motifs is 1. The smallest absolute Gasteiger partial charge is 0.121 e. The van der Waals surface area contributed by atoms with Crippen molar-refractivity contribution < 1.29 is 5.11 Å². The molecule has 0 unspecified atom stereocenters. The van der Waals surface area contributed by atoms with Crippen molar-refractivity contribution in [2.45, 2.75) is 18.3 Å². The van der Waals surface area contributed by atoms with Gasteiger partial charge >= 0.3 is 0 Å². The van der Waals surface area contributed by atoms with E-state index in [2.05, 4.69) is 9.38 Å². The molecule has 2 aromatic heterocycles. The highest BCUT2D eigenvalue weighted by atomic mass is 16.3. The molecule has 3 nitrogen and oxygen atoms in total. The standard InChI is InChI=1S/C11H12N2O/c14-8-11(4-5-11)10-12-7-9-3-1-2-6-13(9)10/h1-3,6-7,14H,4-5,8H2. The minimum atomic E-state index is -0.0478. The number of imidazole rings is 1. The van der Waals surface area contributed by atoms with Crippen LogP contribution in [0.1, 0.15) is 18.7 Å². The fourth-order valence-electron chi connectivity index (χ4n) is 1.94. The first-order valence-electron chi connectivity index (χ1n) is 4.89. The molecule has 0 aliphatic heterocycles. The molecule has 0 radical (unpaired) electrons. The lowest BCUT2D eigenvalue weighted by Gasteiger charge is -2.09. The normalized spacial score (nSPS) is 18.6. The molecule has 1 saturated carbocycles. The van der Waals surface area contributed by atoms with E-state index in [1.165, 1.54) is 0 Å². The van der Waals surface area contributed by atoms with Gasteiger partial charge in [0.05, 0.1) is 23.7 Å². The zero-order chi connectivity index (χ0) is 9.60. The number of hydrogen-bond donors (Lipinski definition) is 1.